The van der Waals surface area contributed by atoms with Gasteiger partial charge in [-0.1, -0.05) is 6.07 Å². The second-order valence-corrected chi connectivity index (χ2v) is 5.57. The van der Waals surface area contributed by atoms with E-state index in [1.54, 1.807) is 11.1 Å². The lowest BCUT2D eigenvalue weighted by Gasteiger charge is -2.26. The van der Waals surface area contributed by atoms with Crippen LogP contribution in [0.2, 0.25) is 0 Å². The van der Waals surface area contributed by atoms with Crippen LogP contribution in [0.1, 0.15) is 18.5 Å². The molecule has 1 aliphatic rings. The number of carbonyl (C=O) groups is 1. The molecule has 2 heterocycles. The molecular formula is C17H21N3O3. The van der Waals surface area contributed by atoms with E-state index >= 15 is 0 Å². The van der Waals surface area contributed by atoms with Gasteiger partial charge >= 0.3 is 6.09 Å². The van der Waals surface area contributed by atoms with Crippen LogP contribution in [-0.2, 0) is 4.74 Å². The zero-order valence-corrected chi connectivity index (χ0v) is 13.4. The summed E-state index contributed by atoms with van der Waals surface area (Å²) in [4.78, 5) is 18.4. The highest BCUT2D eigenvalue weighted by atomic mass is 16.6. The van der Waals surface area contributed by atoms with Crippen molar-refractivity contribution in [1.29, 1.82) is 0 Å². The van der Waals surface area contributed by atoms with Gasteiger partial charge < -0.3 is 19.7 Å². The third kappa shape index (κ3) is 3.43. The van der Waals surface area contributed by atoms with Gasteiger partial charge in [0.05, 0.1) is 13.2 Å². The Hall–Kier alpha value is -2.18. The standard InChI is InChI=1S/C17H21N3O3/c1-12(18-2)14-10-13-4-3-5-19-16(13)15(11-14)23-17(21)20-6-8-22-9-7-20/h3-5,10-12,18H,6-9H2,1-2H3. The first kappa shape index (κ1) is 15.7. The summed E-state index contributed by atoms with van der Waals surface area (Å²) in [5.41, 5.74) is 1.75. The van der Waals surface area contributed by atoms with Gasteiger partial charge in [-0.25, -0.2) is 4.79 Å². The van der Waals surface area contributed by atoms with Crippen molar-refractivity contribution in [1.82, 2.24) is 15.2 Å². The molecule has 3 rings (SSSR count). The summed E-state index contributed by atoms with van der Waals surface area (Å²) in [6, 6.07) is 7.95. The topological polar surface area (TPSA) is 63.7 Å². The van der Waals surface area contributed by atoms with E-state index in [-0.39, 0.29) is 12.1 Å². The SMILES string of the molecule is CNC(C)c1cc(OC(=O)N2CCOCC2)c2ncccc2c1. The maximum Gasteiger partial charge on any atom is 0.415 e. The largest absolute Gasteiger partial charge is 0.415 e. The van der Waals surface area contributed by atoms with Crippen LogP contribution in [0.5, 0.6) is 5.75 Å². The van der Waals surface area contributed by atoms with Crippen molar-refractivity contribution in [3.63, 3.8) is 0 Å². The van der Waals surface area contributed by atoms with Crippen molar-refractivity contribution < 1.29 is 14.3 Å². The van der Waals surface area contributed by atoms with Crippen LogP contribution in [0.25, 0.3) is 10.9 Å². The van der Waals surface area contributed by atoms with Crippen molar-refractivity contribution >= 4 is 17.0 Å². The number of amides is 1. The second kappa shape index (κ2) is 6.93. The van der Waals surface area contributed by atoms with Gasteiger partial charge in [0.1, 0.15) is 5.52 Å². The lowest BCUT2D eigenvalue weighted by atomic mass is 10.0. The van der Waals surface area contributed by atoms with E-state index in [2.05, 4.69) is 23.3 Å². The minimum Gasteiger partial charge on any atom is -0.408 e. The number of nitrogens with one attached hydrogen (secondary N) is 1. The average molecular weight is 315 g/mol. The number of hydrogen-bond acceptors (Lipinski definition) is 5. The number of carbonyl (C=O) groups excluding carboxylic acids is 1. The van der Waals surface area contributed by atoms with Gasteiger partial charge in [-0.05, 0) is 37.7 Å². The second-order valence-electron chi connectivity index (χ2n) is 5.57. The highest BCUT2D eigenvalue weighted by Crippen LogP contribution is 2.29. The third-order valence-corrected chi connectivity index (χ3v) is 4.09. The van der Waals surface area contributed by atoms with Crippen molar-refractivity contribution in [3.05, 3.63) is 36.0 Å². The number of ether oxygens (including phenoxy) is 2. The molecule has 1 aliphatic heterocycles. The molecule has 23 heavy (non-hydrogen) atoms. The number of morpholine rings is 1. The maximum atomic E-state index is 12.4. The van der Waals surface area contributed by atoms with Crippen LogP contribution in [0.4, 0.5) is 4.79 Å². The summed E-state index contributed by atoms with van der Waals surface area (Å²) in [6.45, 7) is 4.26. The van der Waals surface area contributed by atoms with Crippen LogP contribution >= 0.6 is 0 Å². The first-order chi connectivity index (χ1) is 11.2. The molecule has 6 nitrogen and oxygen atoms in total. The molecule has 6 heteroatoms. The first-order valence-electron chi connectivity index (χ1n) is 7.79. The van der Waals surface area contributed by atoms with Crippen LogP contribution < -0.4 is 10.1 Å². The first-order valence-corrected chi connectivity index (χ1v) is 7.79. The smallest absolute Gasteiger partial charge is 0.408 e. The van der Waals surface area contributed by atoms with E-state index in [9.17, 15) is 4.79 Å². The summed E-state index contributed by atoms with van der Waals surface area (Å²) < 4.78 is 10.9. The minimum absolute atomic E-state index is 0.153. The molecular weight excluding hydrogens is 294 g/mol. The van der Waals surface area contributed by atoms with E-state index in [0.717, 1.165) is 10.9 Å². The Labute approximate surface area is 135 Å². The number of pyridine rings is 1. The summed E-state index contributed by atoms with van der Waals surface area (Å²) in [6.07, 6.45) is 1.35. The van der Waals surface area contributed by atoms with Gasteiger partial charge in [0, 0.05) is 30.7 Å². The summed E-state index contributed by atoms with van der Waals surface area (Å²) in [5.74, 6) is 0.497. The molecule has 0 saturated carbocycles. The fourth-order valence-electron chi connectivity index (χ4n) is 2.58. The minimum atomic E-state index is -0.352. The number of aromatic nitrogens is 1. The number of hydrogen-bond donors (Lipinski definition) is 1. The summed E-state index contributed by atoms with van der Waals surface area (Å²) >= 11 is 0. The zero-order chi connectivity index (χ0) is 16.2. The Morgan fingerprint density at radius 3 is 2.91 bits per heavy atom. The van der Waals surface area contributed by atoms with Gasteiger partial charge in [0.2, 0.25) is 0 Å². The molecule has 1 N–H and O–H groups in total. The van der Waals surface area contributed by atoms with E-state index in [4.69, 9.17) is 9.47 Å². The fraction of sp³-hybridized carbons (Fsp3) is 0.412. The van der Waals surface area contributed by atoms with Crippen molar-refractivity contribution in [2.75, 3.05) is 33.4 Å². The molecule has 2 aromatic rings. The molecule has 1 aromatic heterocycles. The van der Waals surface area contributed by atoms with Crippen LogP contribution in [0.15, 0.2) is 30.5 Å². The Balaban J connectivity index is 1.92. The molecule has 1 aromatic carbocycles. The van der Waals surface area contributed by atoms with Crippen LogP contribution in [0.3, 0.4) is 0 Å². The predicted molar refractivity (Wildman–Crippen MR) is 87.6 cm³/mol. The monoisotopic (exact) mass is 315 g/mol. The molecule has 0 bridgehead atoms. The average Bonchev–Trinajstić information content (AvgIpc) is 2.61. The Morgan fingerprint density at radius 2 is 2.17 bits per heavy atom. The molecule has 0 spiro atoms. The third-order valence-electron chi connectivity index (χ3n) is 4.09. The molecule has 1 fully saturated rings. The highest BCUT2D eigenvalue weighted by Gasteiger charge is 2.20. The number of fused-ring (bicyclic) bond motifs is 1. The molecule has 1 saturated heterocycles. The van der Waals surface area contributed by atoms with Crippen molar-refractivity contribution in [3.8, 4) is 5.75 Å². The van der Waals surface area contributed by atoms with Gasteiger partial charge in [0.15, 0.2) is 5.75 Å². The van der Waals surface area contributed by atoms with Gasteiger partial charge in [-0.15, -0.1) is 0 Å². The molecule has 0 radical (unpaired) electrons. The van der Waals surface area contributed by atoms with E-state index in [0.29, 0.717) is 37.6 Å². The molecule has 1 atom stereocenters. The summed E-state index contributed by atoms with van der Waals surface area (Å²) in [5, 5.41) is 4.16. The van der Waals surface area contributed by atoms with Gasteiger partial charge in [0.25, 0.3) is 0 Å². The highest BCUT2D eigenvalue weighted by molar-refractivity contribution is 5.87. The van der Waals surface area contributed by atoms with Crippen molar-refractivity contribution in [2.24, 2.45) is 0 Å². The van der Waals surface area contributed by atoms with Crippen molar-refractivity contribution in [2.45, 2.75) is 13.0 Å². The fourth-order valence-corrected chi connectivity index (χ4v) is 2.58. The Bertz CT molecular complexity index is 699. The van der Waals surface area contributed by atoms with Gasteiger partial charge in [-0.3, -0.25) is 4.98 Å². The number of rotatable bonds is 3. The van der Waals surface area contributed by atoms with E-state index in [1.807, 2.05) is 25.2 Å². The normalized spacial score (nSPS) is 16.3. The maximum absolute atomic E-state index is 12.4. The Morgan fingerprint density at radius 1 is 1.39 bits per heavy atom. The lowest BCUT2D eigenvalue weighted by Crippen LogP contribution is -2.42. The quantitative estimate of drug-likeness (QED) is 0.942. The van der Waals surface area contributed by atoms with Crippen LogP contribution in [0, 0.1) is 0 Å². The molecule has 1 unspecified atom stereocenters. The summed E-state index contributed by atoms with van der Waals surface area (Å²) in [7, 11) is 1.90. The molecule has 122 valence electrons. The number of nitrogens with zero attached hydrogens (tertiary/aromatic N) is 2. The lowest BCUT2D eigenvalue weighted by molar-refractivity contribution is 0.0417. The van der Waals surface area contributed by atoms with Crippen LogP contribution in [-0.4, -0.2) is 49.3 Å². The predicted octanol–water partition coefficient (Wildman–Crippen LogP) is 2.35. The Kier molecular flexibility index (Phi) is 4.73. The van der Waals surface area contributed by atoms with E-state index in [1.165, 1.54) is 0 Å². The van der Waals surface area contributed by atoms with Gasteiger partial charge in [-0.2, -0.15) is 0 Å². The molecule has 0 aliphatic carbocycles. The number of benzene rings is 1. The van der Waals surface area contributed by atoms with E-state index < -0.39 is 0 Å². The zero-order valence-electron chi connectivity index (χ0n) is 13.4. The molecule has 1 amide bonds.